The molecule has 0 unspecified atom stereocenters. The third-order valence-corrected chi connectivity index (χ3v) is 22.5. The molecule has 7 aliphatic rings. The van der Waals surface area contributed by atoms with E-state index < -0.39 is 0 Å². The first kappa shape index (κ1) is 53.1. The first-order valence-corrected chi connectivity index (χ1v) is 30.9. The van der Waals surface area contributed by atoms with E-state index >= 15 is 0 Å². The summed E-state index contributed by atoms with van der Waals surface area (Å²) < 4.78 is 0. The Balaban J connectivity index is 1.18. The van der Waals surface area contributed by atoms with Crippen LogP contribution in [-0.2, 0) is 55.2 Å². The Morgan fingerprint density at radius 3 is 1.38 bits per heavy atom. The molecule has 0 radical (unpaired) electrons. The third-order valence-electron chi connectivity index (χ3n) is 22.5. The Morgan fingerprint density at radius 2 is 0.848 bits per heavy atom. The van der Waals surface area contributed by atoms with Crippen molar-refractivity contribution >= 4 is 51.8 Å². The highest BCUT2D eigenvalue weighted by Crippen LogP contribution is 2.59. The molecule has 5 aliphatic carbocycles. The topological polar surface area (TPSA) is 6.48 Å². The fourth-order valence-electron chi connectivity index (χ4n) is 16.8. The summed E-state index contributed by atoms with van der Waals surface area (Å²) in [5.74, 6) is 0. The number of hydrogen-bond donors (Lipinski definition) is 0. The minimum absolute atomic E-state index is 0.0121. The Morgan fingerprint density at radius 1 is 0.405 bits per heavy atom. The number of rotatable bonds is 3. The molecule has 0 bridgehead atoms. The number of benzene rings is 6. The molecule has 410 valence electrons. The van der Waals surface area contributed by atoms with Crippen LogP contribution in [-0.4, -0.2) is 6.71 Å². The van der Waals surface area contributed by atoms with Gasteiger partial charge in [0.05, 0.1) is 5.69 Å². The summed E-state index contributed by atoms with van der Waals surface area (Å²) in [5, 5.41) is 0. The highest BCUT2D eigenvalue weighted by molar-refractivity contribution is 6.96. The molecule has 0 fully saturated rings. The lowest BCUT2D eigenvalue weighted by Crippen LogP contribution is -2.56. The molecule has 2 nitrogen and oxygen atoms in total. The molecule has 0 spiro atoms. The highest BCUT2D eigenvalue weighted by Gasteiger charge is 2.52. The second-order valence-corrected chi connectivity index (χ2v) is 32.9. The van der Waals surface area contributed by atoms with Crippen molar-refractivity contribution in [3.05, 3.63) is 163 Å². The minimum atomic E-state index is 0.0121. The standard InChI is InChI=1S/C76H93BN2/c1-45-36-63-66-64(37-45)79(61-43-57-55(72(11,12)30-32-74(57,15)16)41-51(61)49-22-21-23-52-65(49)76(19,20)35-34-69(52,5)6)62-44-58-56(73(13,14)31-33-75(58,17)18)42-59(62)77(66)60-39-46-38-53-54(71(9,10)29-28-70(53,7)8)40-50(46)67(60)78(63)48-26-24-47(25-27-48)68(2,3)4/h21-27,36-38,40-44H,28-35,39H2,1-20H3. The molecule has 0 N–H and O–H groups in total. The number of nitrogens with zero attached hydrogens (tertiary/aromatic N) is 2. The zero-order chi connectivity index (χ0) is 56.5. The van der Waals surface area contributed by atoms with Crippen molar-refractivity contribution in [2.75, 3.05) is 9.80 Å². The van der Waals surface area contributed by atoms with Gasteiger partial charge in [-0.1, -0.05) is 179 Å². The number of fused-ring (bicyclic) bond motifs is 9. The summed E-state index contributed by atoms with van der Waals surface area (Å²) in [4.78, 5) is 5.62. The molecule has 0 atom stereocenters. The monoisotopic (exact) mass is 1040 g/mol. The number of hydrogen-bond acceptors (Lipinski definition) is 2. The minimum Gasteiger partial charge on any atom is -0.311 e. The van der Waals surface area contributed by atoms with E-state index in [9.17, 15) is 0 Å². The highest BCUT2D eigenvalue weighted by atomic mass is 15.2. The SMILES string of the molecule is Cc1cc2c3c(c1)N(c1cc4c(cc1-c1cccc5c1C(C)(C)CCC5(C)C)C(C)(C)CCC4(C)C)c1cc4c(cc1B3C1=C(c3cc5c(cc3C1)C(C)(C)CCC5(C)C)N2c1ccc(C(C)(C)C)cc1)C(C)(C)CCC4(C)C. The van der Waals surface area contributed by atoms with Crippen LogP contribution < -0.4 is 20.7 Å². The van der Waals surface area contributed by atoms with E-state index in [4.69, 9.17) is 0 Å². The lowest BCUT2D eigenvalue weighted by molar-refractivity contribution is 0.331. The Labute approximate surface area is 478 Å². The molecule has 79 heavy (non-hydrogen) atoms. The van der Waals surface area contributed by atoms with Gasteiger partial charge in [-0.25, -0.2) is 0 Å². The first-order chi connectivity index (χ1) is 36.6. The van der Waals surface area contributed by atoms with E-state index in [2.05, 4.69) is 239 Å². The summed E-state index contributed by atoms with van der Waals surface area (Å²) in [5.41, 5.74) is 33.8. The third kappa shape index (κ3) is 7.74. The second-order valence-electron chi connectivity index (χ2n) is 32.9. The summed E-state index contributed by atoms with van der Waals surface area (Å²) in [6, 6.07) is 38.7. The fraction of sp³-hybridized carbons (Fsp3) is 0.500. The van der Waals surface area contributed by atoms with Gasteiger partial charge in [0, 0.05) is 39.6 Å². The summed E-state index contributed by atoms with van der Waals surface area (Å²) in [6.07, 6.45) is 10.4. The van der Waals surface area contributed by atoms with Gasteiger partial charge in [0.25, 0.3) is 0 Å². The first-order valence-electron chi connectivity index (χ1n) is 30.9. The largest absolute Gasteiger partial charge is 0.311 e. The van der Waals surface area contributed by atoms with Crippen molar-refractivity contribution < 1.29 is 0 Å². The van der Waals surface area contributed by atoms with E-state index in [1.54, 1.807) is 27.7 Å². The van der Waals surface area contributed by atoms with Gasteiger partial charge in [-0.15, -0.1) is 0 Å². The smallest absolute Gasteiger partial charge is 0.247 e. The Hall–Kier alpha value is -5.28. The molecule has 0 amide bonds. The summed E-state index contributed by atoms with van der Waals surface area (Å²) in [7, 11) is 0. The van der Waals surface area contributed by atoms with Crippen molar-refractivity contribution in [3.63, 3.8) is 0 Å². The van der Waals surface area contributed by atoms with Crippen LogP contribution in [0.5, 0.6) is 0 Å². The second kappa shape index (κ2) is 16.5. The predicted octanol–water partition coefficient (Wildman–Crippen LogP) is 19.4. The molecule has 2 heterocycles. The van der Waals surface area contributed by atoms with Crippen molar-refractivity contribution in [2.24, 2.45) is 0 Å². The van der Waals surface area contributed by atoms with Crippen LogP contribution >= 0.6 is 0 Å². The lowest BCUT2D eigenvalue weighted by Gasteiger charge is -2.49. The quantitative estimate of drug-likeness (QED) is 0.163. The Kier molecular flexibility index (Phi) is 11.1. The van der Waals surface area contributed by atoms with Crippen LogP contribution in [0.4, 0.5) is 28.4 Å². The van der Waals surface area contributed by atoms with Crippen LogP contribution in [0.25, 0.3) is 16.8 Å². The Bertz CT molecular complexity index is 3650. The molecule has 6 aromatic rings. The lowest BCUT2D eigenvalue weighted by atomic mass is 9.32. The maximum absolute atomic E-state index is 2.86. The number of aryl methyl sites for hydroxylation is 1. The maximum Gasteiger partial charge on any atom is 0.247 e. The fourth-order valence-corrected chi connectivity index (χ4v) is 16.8. The normalized spacial score (nSPS) is 22.4. The van der Waals surface area contributed by atoms with Crippen molar-refractivity contribution in [2.45, 2.75) is 245 Å². The van der Waals surface area contributed by atoms with Gasteiger partial charge in [-0.2, -0.15) is 0 Å². The average Bonchev–Trinajstić information content (AvgIpc) is 2.67. The van der Waals surface area contributed by atoms with Crippen LogP contribution in [0.3, 0.4) is 0 Å². The van der Waals surface area contributed by atoms with Crippen molar-refractivity contribution in [1.82, 2.24) is 0 Å². The van der Waals surface area contributed by atoms with Crippen molar-refractivity contribution in [3.8, 4) is 11.1 Å². The molecular formula is C76H93BN2. The molecule has 0 saturated carbocycles. The molecule has 3 heteroatoms. The van der Waals surface area contributed by atoms with Crippen LogP contribution in [0, 0.1) is 6.92 Å². The van der Waals surface area contributed by atoms with E-state index in [0.717, 1.165) is 6.42 Å². The molecule has 0 saturated heterocycles. The van der Waals surface area contributed by atoms with Gasteiger partial charge in [0.2, 0.25) is 6.71 Å². The van der Waals surface area contributed by atoms with E-state index in [1.165, 1.54) is 152 Å². The molecule has 13 rings (SSSR count). The number of anilines is 5. The zero-order valence-corrected chi connectivity index (χ0v) is 52.5. The molecule has 6 aromatic carbocycles. The zero-order valence-electron chi connectivity index (χ0n) is 52.5. The summed E-state index contributed by atoms with van der Waals surface area (Å²) >= 11 is 0. The van der Waals surface area contributed by atoms with E-state index in [0.29, 0.717) is 0 Å². The van der Waals surface area contributed by atoms with Crippen LogP contribution in [0.15, 0.2) is 96.5 Å². The predicted molar refractivity (Wildman–Crippen MR) is 342 cm³/mol. The van der Waals surface area contributed by atoms with Gasteiger partial charge in [0.1, 0.15) is 0 Å². The molecular weight excluding hydrogens is 952 g/mol. The molecule has 2 aliphatic heterocycles. The van der Waals surface area contributed by atoms with Crippen LogP contribution in [0.2, 0.25) is 0 Å². The van der Waals surface area contributed by atoms with E-state index in [-0.39, 0.29) is 55.4 Å². The van der Waals surface area contributed by atoms with Crippen molar-refractivity contribution in [1.29, 1.82) is 0 Å². The number of allylic oxidation sites excluding steroid dienone is 1. The maximum atomic E-state index is 2.86. The van der Waals surface area contributed by atoms with Gasteiger partial charge < -0.3 is 9.80 Å². The van der Waals surface area contributed by atoms with E-state index in [1.807, 2.05) is 0 Å². The molecule has 0 aromatic heterocycles. The van der Waals surface area contributed by atoms with Gasteiger partial charge in [0.15, 0.2) is 0 Å². The van der Waals surface area contributed by atoms with Gasteiger partial charge in [-0.3, -0.25) is 0 Å². The van der Waals surface area contributed by atoms with Crippen LogP contribution in [0.1, 0.15) is 250 Å². The van der Waals surface area contributed by atoms with Gasteiger partial charge in [-0.05, 0) is 240 Å². The summed E-state index contributed by atoms with van der Waals surface area (Å²) in [6.45, 7) is 49.9. The van der Waals surface area contributed by atoms with Gasteiger partial charge >= 0.3 is 0 Å². The average molecular weight is 1050 g/mol.